The Labute approximate surface area is 187 Å². The fourth-order valence-corrected chi connectivity index (χ4v) is 4.30. The van der Waals surface area contributed by atoms with Gasteiger partial charge in [-0.15, -0.1) is 10.6 Å². The molecule has 7 nitrogen and oxygen atoms in total. The predicted octanol–water partition coefficient (Wildman–Crippen LogP) is 3.83. The summed E-state index contributed by atoms with van der Waals surface area (Å²) in [7, 11) is 0. The number of aromatic nitrogens is 3. The predicted molar refractivity (Wildman–Crippen MR) is 127 cm³/mol. The number of amidine groups is 1. The van der Waals surface area contributed by atoms with Gasteiger partial charge in [0, 0.05) is 28.9 Å². The molecule has 7 heteroatoms. The molecule has 5 rings (SSSR count). The number of aryl methyl sites for hydroxylation is 3. The number of hydrazine groups is 2. The molecule has 0 atom stereocenters. The summed E-state index contributed by atoms with van der Waals surface area (Å²) < 4.78 is 2.00. The summed E-state index contributed by atoms with van der Waals surface area (Å²) in [5, 5.41) is 9.14. The van der Waals surface area contributed by atoms with Crippen molar-refractivity contribution in [1.82, 2.24) is 31.1 Å². The number of nitrogens with one attached hydrogen (secondary N) is 3. The van der Waals surface area contributed by atoms with Gasteiger partial charge in [0.15, 0.2) is 11.5 Å². The van der Waals surface area contributed by atoms with Gasteiger partial charge >= 0.3 is 0 Å². The SMILES string of the molecule is CCCc1nn2c(C)cc(C)nc2c1Cc1ccc(-c2ccccc2C2=NNNN2)cc1. The van der Waals surface area contributed by atoms with Gasteiger partial charge < -0.3 is 0 Å². The number of fused-ring (bicyclic) bond motifs is 1. The van der Waals surface area contributed by atoms with Gasteiger partial charge in [0.05, 0.1) is 5.69 Å². The molecule has 3 N–H and O–H groups in total. The molecular formula is C25H27N7. The highest BCUT2D eigenvalue weighted by Gasteiger charge is 2.17. The highest BCUT2D eigenvalue weighted by atomic mass is 15.8. The molecule has 3 heterocycles. The number of hydrogen-bond acceptors (Lipinski definition) is 6. The molecule has 32 heavy (non-hydrogen) atoms. The maximum atomic E-state index is 4.88. The third-order valence-corrected chi connectivity index (χ3v) is 5.79. The van der Waals surface area contributed by atoms with Crippen LogP contribution in [0.4, 0.5) is 0 Å². The van der Waals surface area contributed by atoms with E-state index in [2.05, 4.69) is 84.0 Å². The standard InChI is InChI=1S/C25H27N7/c1-4-7-23-22(25-26-16(2)14-17(3)32(25)29-23)15-18-10-12-19(13-11-18)20-8-5-6-9-21(20)24-27-30-31-28-24/h5-6,8-14,30-31H,4,7,15H2,1-3H3,(H,27,28). The number of hydrogen-bond donors (Lipinski definition) is 3. The fourth-order valence-electron chi connectivity index (χ4n) is 4.30. The highest BCUT2D eigenvalue weighted by molar-refractivity contribution is 6.04. The van der Waals surface area contributed by atoms with Crippen LogP contribution in [0.1, 0.15) is 47.1 Å². The van der Waals surface area contributed by atoms with E-state index in [1.807, 2.05) is 17.5 Å². The van der Waals surface area contributed by atoms with Gasteiger partial charge in [-0.25, -0.2) is 15.0 Å². The zero-order valence-corrected chi connectivity index (χ0v) is 18.6. The van der Waals surface area contributed by atoms with E-state index in [-0.39, 0.29) is 0 Å². The van der Waals surface area contributed by atoms with Gasteiger partial charge in [0.25, 0.3) is 0 Å². The molecule has 2 aromatic heterocycles. The van der Waals surface area contributed by atoms with Gasteiger partial charge in [-0.1, -0.05) is 61.9 Å². The van der Waals surface area contributed by atoms with E-state index >= 15 is 0 Å². The van der Waals surface area contributed by atoms with E-state index in [1.165, 1.54) is 11.1 Å². The second-order valence-electron chi connectivity index (χ2n) is 8.19. The van der Waals surface area contributed by atoms with E-state index in [9.17, 15) is 0 Å². The Balaban J connectivity index is 1.49. The molecule has 0 unspecified atom stereocenters. The summed E-state index contributed by atoms with van der Waals surface area (Å²) in [6.07, 6.45) is 2.84. The average Bonchev–Trinajstić information content (AvgIpc) is 3.44. The first-order valence-electron chi connectivity index (χ1n) is 11.0. The lowest BCUT2D eigenvalue weighted by molar-refractivity contribution is 0.577. The molecule has 0 radical (unpaired) electrons. The van der Waals surface area contributed by atoms with E-state index in [0.29, 0.717) is 0 Å². The monoisotopic (exact) mass is 425 g/mol. The van der Waals surface area contributed by atoms with Crippen LogP contribution in [0.15, 0.2) is 59.7 Å². The first-order chi connectivity index (χ1) is 15.6. The number of rotatable bonds is 6. The van der Waals surface area contributed by atoms with Crippen molar-refractivity contribution in [2.24, 2.45) is 5.10 Å². The lowest BCUT2D eigenvalue weighted by Crippen LogP contribution is -2.35. The van der Waals surface area contributed by atoms with Gasteiger partial charge in [0.2, 0.25) is 0 Å². The molecule has 0 amide bonds. The maximum absolute atomic E-state index is 4.88. The first kappa shape index (κ1) is 20.2. The number of hydrazone groups is 1. The first-order valence-corrected chi connectivity index (χ1v) is 11.0. The van der Waals surface area contributed by atoms with Crippen LogP contribution in [-0.4, -0.2) is 20.4 Å². The zero-order valence-electron chi connectivity index (χ0n) is 18.6. The molecule has 0 saturated carbocycles. The number of nitrogens with zero attached hydrogens (tertiary/aromatic N) is 4. The Bertz CT molecular complexity index is 1300. The van der Waals surface area contributed by atoms with Crippen LogP contribution in [-0.2, 0) is 12.8 Å². The van der Waals surface area contributed by atoms with Crippen LogP contribution in [0, 0.1) is 13.8 Å². The Morgan fingerprint density at radius 2 is 1.75 bits per heavy atom. The molecule has 0 fully saturated rings. The minimum absolute atomic E-state index is 0.775. The summed E-state index contributed by atoms with van der Waals surface area (Å²) in [4.78, 5) is 4.82. The molecule has 0 spiro atoms. The average molecular weight is 426 g/mol. The van der Waals surface area contributed by atoms with Crippen LogP contribution in [0.5, 0.6) is 0 Å². The van der Waals surface area contributed by atoms with Crippen molar-refractivity contribution in [3.05, 3.63) is 88.4 Å². The van der Waals surface area contributed by atoms with Crippen molar-refractivity contribution >= 4 is 11.5 Å². The molecule has 0 bridgehead atoms. The van der Waals surface area contributed by atoms with Crippen LogP contribution in [0.25, 0.3) is 16.8 Å². The van der Waals surface area contributed by atoms with E-state index in [4.69, 9.17) is 10.1 Å². The molecule has 1 aliphatic heterocycles. The Morgan fingerprint density at radius 3 is 2.47 bits per heavy atom. The van der Waals surface area contributed by atoms with Crippen molar-refractivity contribution in [1.29, 1.82) is 0 Å². The molecule has 2 aromatic carbocycles. The minimum atomic E-state index is 0.775. The Hall–Kier alpha value is -3.71. The van der Waals surface area contributed by atoms with Crippen LogP contribution < -0.4 is 16.5 Å². The van der Waals surface area contributed by atoms with Crippen LogP contribution in [0.3, 0.4) is 0 Å². The van der Waals surface area contributed by atoms with Crippen molar-refractivity contribution in [3.8, 4) is 11.1 Å². The molecular weight excluding hydrogens is 398 g/mol. The molecule has 0 saturated heterocycles. The van der Waals surface area contributed by atoms with Gasteiger partial charge in [-0.2, -0.15) is 5.10 Å². The van der Waals surface area contributed by atoms with Gasteiger partial charge in [-0.3, -0.25) is 5.43 Å². The maximum Gasteiger partial charge on any atom is 0.171 e. The van der Waals surface area contributed by atoms with Gasteiger partial charge in [-0.05, 0) is 43.0 Å². The lowest BCUT2D eigenvalue weighted by atomic mass is 9.96. The second kappa shape index (κ2) is 8.43. The molecule has 162 valence electrons. The second-order valence-corrected chi connectivity index (χ2v) is 8.19. The normalized spacial score (nSPS) is 13.2. The minimum Gasteiger partial charge on any atom is -0.285 e. The quantitative estimate of drug-likeness (QED) is 0.438. The van der Waals surface area contributed by atoms with E-state index < -0.39 is 0 Å². The van der Waals surface area contributed by atoms with Crippen molar-refractivity contribution in [2.75, 3.05) is 0 Å². The Morgan fingerprint density at radius 1 is 0.969 bits per heavy atom. The smallest absolute Gasteiger partial charge is 0.171 e. The third-order valence-electron chi connectivity index (χ3n) is 5.79. The van der Waals surface area contributed by atoms with Gasteiger partial charge in [0.1, 0.15) is 0 Å². The lowest BCUT2D eigenvalue weighted by Gasteiger charge is -2.10. The summed E-state index contributed by atoms with van der Waals surface area (Å²) in [6, 6.07) is 19.1. The van der Waals surface area contributed by atoms with Crippen molar-refractivity contribution in [3.63, 3.8) is 0 Å². The van der Waals surface area contributed by atoms with E-state index in [0.717, 1.165) is 64.5 Å². The van der Waals surface area contributed by atoms with Crippen molar-refractivity contribution < 1.29 is 0 Å². The highest BCUT2D eigenvalue weighted by Crippen LogP contribution is 2.27. The van der Waals surface area contributed by atoms with Crippen molar-refractivity contribution in [2.45, 2.75) is 40.0 Å². The summed E-state index contributed by atoms with van der Waals surface area (Å²) in [5.41, 5.74) is 18.7. The summed E-state index contributed by atoms with van der Waals surface area (Å²) in [6.45, 7) is 6.33. The number of benzene rings is 2. The third kappa shape index (κ3) is 3.71. The summed E-state index contributed by atoms with van der Waals surface area (Å²) in [5.74, 6) is 0.775. The summed E-state index contributed by atoms with van der Waals surface area (Å²) >= 11 is 0. The Kier molecular flexibility index (Phi) is 5.33. The largest absolute Gasteiger partial charge is 0.285 e. The van der Waals surface area contributed by atoms with Crippen LogP contribution in [0.2, 0.25) is 0 Å². The van der Waals surface area contributed by atoms with E-state index in [1.54, 1.807) is 0 Å². The van der Waals surface area contributed by atoms with Crippen LogP contribution >= 0.6 is 0 Å². The topological polar surface area (TPSA) is 78.6 Å². The fraction of sp³-hybridized carbons (Fsp3) is 0.240. The molecule has 4 aromatic rings. The molecule has 0 aliphatic carbocycles. The zero-order chi connectivity index (χ0) is 22.1. The molecule has 1 aliphatic rings.